The molecule has 0 spiro atoms. The lowest BCUT2D eigenvalue weighted by Crippen LogP contribution is -2.42. The van der Waals surface area contributed by atoms with Crippen molar-refractivity contribution in [2.75, 3.05) is 11.4 Å². The van der Waals surface area contributed by atoms with Gasteiger partial charge < -0.3 is 16.0 Å². The highest BCUT2D eigenvalue weighted by atomic mass is 35.5. The molecule has 3 atom stereocenters. The van der Waals surface area contributed by atoms with E-state index in [1.165, 1.54) is 0 Å². The maximum absolute atomic E-state index is 12.5. The Bertz CT molecular complexity index is 607. The predicted octanol–water partition coefficient (Wildman–Crippen LogP) is 2.08. The van der Waals surface area contributed by atoms with Gasteiger partial charge in [0.1, 0.15) is 6.04 Å². The molecular weight excluding hydrogens is 314 g/mol. The molecule has 3 rings (SSSR count). The van der Waals surface area contributed by atoms with E-state index in [4.69, 9.17) is 17.3 Å². The largest absolute Gasteiger partial charge is 0.344 e. The molecule has 1 aromatic rings. The van der Waals surface area contributed by atoms with Crippen molar-refractivity contribution in [2.24, 2.45) is 11.7 Å². The summed E-state index contributed by atoms with van der Waals surface area (Å²) in [7, 11) is 0. The molecule has 1 saturated carbocycles. The molecule has 1 aromatic carbocycles. The Balaban J connectivity index is 1.57. The van der Waals surface area contributed by atoms with Gasteiger partial charge in [-0.1, -0.05) is 24.1 Å². The first-order chi connectivity index (χ1) is 11.0. The lowest BCUT2D eigenvalue weighted by molar-refractivity contribution is -0.127. The molecule has 1 aliphatic heterocycles. The summed E-state index contributed by atoms with van der Waals surface area (Å²) in [5, 5.41) is 3.47. The quantitative estimate of drug-likeness (QED) is 0.884. The number of carbonyl (C=O) groups is 2. The molecular formula is C17H22ClN3O2. The fourth-order valence-electron chi connectivity index (χ4n) is 3.52. The van der Waals surface area contributed by atoms with Gasteiger partial charge in [-0.15, -0.1) is 0 Å². The van der Waals surface area contributed by atoms with E-state index in [0.717, 1.165) is 24.9 Å². The van der Waals surface area contributed by atoms with Crippen LogP contribution in [0, 0.1) is 5.92 Å². The SMILES string of the molecule is N[C@@H]1CCC[C@H]1CC(=O)NC1CCN(c2cccc(Cl)c2)C1=O. The highest BCUT2D eigenvalue weighted by Crippen LogP contribution is 2.27. The normalized spacial score (nSPS) is 27.5. The first-order valence-electron chi connectivity index (χ1n) is 8.16. The lowest BCUT2D eigenvalue weighted by Gasteiger charge is -2.19. The van der Waals surface area contributed by atoms with Gasteiger partial charge in [-0.05, 0) is 43.4 Å². The third-order valence-corrected chi connectivity index (χ3v) is 5.06. The fraction of sp³-hybridized carbons (Fsp3) is 0.529. The molecule has 1 saturated heterocycles. The van der Waals surface area contributed by atoms with E-state index < -0.39 is 6.04 Å². The van der Waals surface area contributed by atoms with E-state index in [0.29, 0.717) is 24.4 Å². The van der Waals surface area contributed by atoms with Gasteiger partial charge in [-0.2, -0.15) is 0 Å². The van der Waals surface area contributed by atoms with Crippen molar-refractivity contribution < 1.29 is 9.59 Å². The molecule has 0 bridgehead atoms. The minimum atomic E-state index is -0.445. The molecule has 2 fully saturated rings. The Labute approximate surface area is 141 Å². The molecule has 5 nitrogen and oxygen atoms in total. The zero-order chi connectivity index (χ0) is 16.4. The van der Waals surface area contributed by atoms with E-state index in [2.05, 4.69) is 5.32 Å². The second-order valence-electron chi connectivity index (χ2n) is 6.44. The van der Waals surface area contributed by atoms with Crippen LogP contribution in [0.25, 0.3) is 0 Å². The summed E-state index contributed by atoms with van der Waals surface area (Å²) < 4.78 is 0. The number of halogens is 1. The molecule has 6 heteroatoms. The van der Waals surface area contributed by atoms with E-state index in [1.54, 1.807) is 17.0 Å². The Morgan fingerprint density at radius 3 is 2.87 bits per heavy atom. The Kier molecular flexibility index (Phi) is 4.87. The van der Waals surface area contributed by atoms with Crippen LogP contribution in [-0.2, 0) is 9.59 Å². The number of carbonyl (C=O) groups excluding carboxylic acids is 2. The van der Waals surface area contributed by atoms with E-state index in [9.17, 15) is 9.59 Å². The van der Waals surface area contributed by atoms with Crippen LogP contribution in [-0.4, -0.2) is 30.4 Å². The second-order valence-corrected chi connectivity index (χ2v) is 6.87. The number of nitrogens with two attached hydrogens (primary N) is 1. The van der Waals surface area contributed by atoms with Gasteiger partial charge in [0, 0.05) is 29.7 Å². The summed E-state index contributed by atoms with van der Waals surface area (Å²) in [4.78, 5) is 26.4. The molecule has 3 N–H and O–H groups in total. The van der Waals surface area contributed by atoms with Crippen LogP contribution >= 0.6 is 11.6 Å². The summed E-state index contributed by atoms with van der Waals surface area (Å²) in [6.45, 7) is 0.590. The molecule has 1 unspecified atom stereocenters. The average molecular weight is 336 g/mol. The predicted molar refractivity (Wildman–Crippen MR) is 90.3 cm³/mol. The molecule has 0 aromatic heterocycles. The molecule has 1 aliphatic carbocycles. The summed E-state index contributed by atoms with van der Waals surface area (Å²) in [5.41, 5.74) is 6.78. The highest BCUT2D eigenvalue weighted by Gasteiger charge is 2.34. The van der Waals surface area contributed by atoms with Crippen molar-refractivity contribution in [1.29, 1.82) is 0 Å². The van der Waals surface area contributed by atoms with Gasteiger partial charge in [-0.25, -0.2) is 0 Å². The number of nitrogens with one attached hydrogen (secondary N) is 1. The van der Waals surface area contributed by atoms with Crippen LogP contribution in [0.15, 0.2) is 24.3 Å². The molecule has 0 radical (unpaired) electrons. The van der Waals surface area contributed by atoms with E-state index in [-0.39, 0.29) is 23.8 Å². The van der Waals surface area contributed by atoms with Crippen molar-refractivity contribution in [3.63, 3.8) is 0 Å². The number of anilines is 1. The van der Waals surface area contributed by atoms with Crippen molar-refractivity contribution in [2.45, 2.75) is 44.2 Å². The number of rotatable bonds is 4. The molecule has 1 heterocycles. The van der Waals surface area contributed by atoms with Gasteiger partial charge in [-0.3, -0.25) is 9.59 Å². The van der Waals surface area contributed by atoms with Gasteiger partial charge >= 0.3 is 0 Å². The lowest BCUT2D eigenvalue weighted by atomic mass is 9.99. The van der Waals surface area contributed by atoms with E-state index in [1.807, 2.05) is 12.1 Å². The summed E-state index contributed by atoms with van der Waals surface area (Å²) in [6.07, 6.45) is 4.12. The van der Waals surface area contributed by atoms with E-state index >= 15 is 0 Å². The third kappa shape index (κ3) is 3.67. The maximum Gasteiger partial charge on any atom is 0.249 e. The van der Waals surface area contributed by atoms with Crippen LogP contribution in [0.2, 0.25) is 5.02 Å². The fourth-order valence-corrected chi connectivity index (χ4v) is 3.71. The zero-order valence-electron chi connectivity index (χ0n) is 13.0. The van der Waals surface area contributed by atoms with Crippen molar-refractivity contribution in [3.05, 3.63) is 29.3 Å². The maximum atomic E-state index is 12.5. The Hall–Kier alpha value is -1.59. The average Bonchev–Trinajstić information content (AvgIpc) is 3.07. The van der Waals surface area contributed by atoms with Crippen LogP contribution in [0.4, 0.5) is 5.69 Å². The smallest absolute Gasteiger partial charge is 0.249 e. The number of amides is 2. The van der Waals surface area contributed by atoms with Crippen molar-refractivity contribution >= 4 is 29.1 Å². The summed E-state index contributed by atoms with van der Waals surface area (Å²) in [5.74, 6) is 0.102. The Morgan fingerprint density at radius 2 is 2.17 bits per heavy atom. The van der Waals surface area contributed by atoms with Gasteiger partial charge in [0.05, 0.1) is 0 Å². The summed E-state index contributed by atoms with van der Waals surface area (Å²) >= 11 is 5.98. The zero-order valence-corrected chi connectivity index (χ0v) is 13.8. The van der Waals surface area contributed by atoms with Crippen molar-refractivity contribution in [3.8, 4) is 0 Å². The topological polar surface area (TPSA) is 75.4 Å². The summed E-state index contributed by atoms with van der Waals surface area (Å²) in [6, 6.07) is 6.88. The minimum absolute atomic E-state index is 0.0707. The molecule has 2 aliphatic rings. The molecule has 2 amide bonds. The minimum Gasteiger partial charge on any atom is -0.344 e. The van der Waals surface area contributed by atoms with Gasteiger partial charge in [0.25, 0.3) is 0 Å². The monoisotopic (exact) mass is 335 g/mol. The molecule has 124 valence electrons. The van der Waals surface area contributed by atoms with Crippen LogP contribution in [0.1, 0.15) is 32.1 Å². The number of nitrogens with zero attached hydrogens (tertiary/aromatic N) is 1. The van der Waals surface area contributed by atoms with Crippen LogP contribution in [0.3, 0.4) is 0 Å². The highest BCUT2D eigenvalue weighted by molar-refractivity contribution is 6.31. The van der Waals surface area contributed by atoms with Crippen molar-refractivity contribution in [1.82, 2.24) is 5.32 Å². The Morgan fingerprint density at radius 1 is 1.35 bits per heavy atom. The second kappa shape index (κ2) is 6.89. The number of hydrogen-bond acceptors (Lipinski definition) is 3. The first kappa shape index (κ1) is 16.3. The first-order valence-corrected chi connectivity index (χ1v) is 8.54. The van der Waals surface area contributed by atoms with Gasteiger partial charge in [0.2, 0.25) is 11.8 Å². The number of benzene rings is 1. The van der Waals surface area contributed by atoms with Gasteiger partial charge in [0.15, 0.2) is 0 Å². The van der Waals surface area contributed by atoms with Crippen LogP contribution in [0.5, 0.6) is 0 Å². The third-order valence-electron chi connectivity index (χ3n) is 4.83. The van der Waals surface area contributed by atoms with Crippen LogP contribution < -0.4 is 16.0 Å². The molecule has 23 heavy (non-hydrogen) atoms. The standard InChI is InChI=1S/C17H22ClN3O2/c18-12-4-2-5-13(10-12)21-8-7-15(17(21)23)20-16(22)9-11-3-1-6-14(11)19/h2,4-5,10-11,14-15H,1,3,6-9,19H2,(H,20,22)/t11-,14+,15?/m0/s1. The number of hydrogen-bond donors (Lipinski definition) is 2.